The Labute approximate surface area is 69.9 Å². The summed E-state index contributed by atoms with van der Waals surface area (Å²) in [6.45, 7) is 1.36. The van der Waals surface area contributed by atoms with Gasteiger partial charge < -0.3 is 19.7 Å². The molecule has 70 valence electrons. The molecule has 1 fully saturated rings. The van der Waals surface area contributed by atoms with E-state index in [1.807, 2.05) is 0 Å². The first kappa shape index (κ1) is 9.44. The summed E-state index contributed by atoms with van der Waals surface area (Å²) >= 11 is 0. The molecule has 0 spiro atoms. The Morgan fingerprint density at radius 1 is 1.67 bits per heavy atom. The molecule has 0 unspecified atom stereocenters. The molecular weight excluding hydrogens is 164 g/mol. The van der Waals surface area contributed by atoms with Gasteiger partial charge in [-0.15, -0.1) is 0 Å². The Morgan fingerprint density at radius 2 is 2.33 bits per heavy atom. The summed E-state index contributed by atoms with van der Waals surface area (Å²) in [4.78, 5) is 10.4. The average Bonchev–Trinajstić information content (AvgIpc) is 2.30. The lowest BCUT2D eigenvalue weighted by Gasteiger charge is -2.13. The van der Waals surface area contributed by atoms with Crippen molar-refractivity contribution in [3.63, 3.8) is 0 Å². The molecule has 0 radical (unpaired) electrons. The Balaban J connectivity index is 2.29. The van der Waals surface area contributed by atoms with E-state index in [4.69, 9.17) is 9.84 Å². The van der Waals surface area contributed by atoms with Gasteiger partial charge in [-0.1, -0.05) is 0 Å². The molecule has 1 aliphatic heterocycles. The van der Waals surface area contributed by atoms with Crippen LogP contribution in [0.1, 0.15) is 6.92 Å². The van der Waals surface area contributed by atoms with Crippen LogP contribution in [0.15, 0.2) is 0 Å². The van der Waals surface area contributed by atoms with Gasteiger partial charge >= 0.3 is 5.97 Å². The number of aliphatic hydroxyl groups excluding tert-OH is 2. The standard InChI is InChI=1S/C7H12O5/c1-4(8)11-3-6-7(10)5(9)2-12-6/h5-7,9-10H,2-3H2,1H3/t5-,6-,7+/m1/s1. The van der Waals surface area contributed by atoms with Crippen molar-refractivity contribution in [2.45, 2.75) is 25.2 Å². The normalized spacial score (nSPS) is 35.1. The third kappa shape index (κ3) is 2.17. The smallest absolute Gasteiger partial charge is 0.302 e. The lowest BCUT2D eigenvalue weighted by molar-refractivity contribution is -0.145. The topological polar surface area (TPSA) is 76.0 Å². The molecule has 3 atom stereocenters. The van der Waals surface area contributed by atoms with E-state index in [0.717, 1.165) is 0 Å². The number of aliphatic hydroxyl groups is 2. The summed E-state index contributed by atoms with van der Waals surface area (Å²) in [5.41, 5.74) is 0. The summed E-state index contributed by atoms with van der Waals surface area (Å²) in [5.74, 6) is -0.424. The Morgan fingerprint density at radius 3 is 2.75 bits per heavy atom. The maximum atomic E-state index is 10.4. The second-order valence-electron chi connectivity index (χ2n) is 2.73. The van der Waals surface area contributed by atoms with E-state index in [1.54, 1.807) is 0 Å². The Bertz CT molecular complexity index is 169. The second kappa shape index (κ2) is 3.84. The molecule has 1 aliphatic rings. The summed E-state index contributed by atoms with van der Waals surface area (Å²) in [6, 6.07) is 0. The van der Waals surface area contributed by atoms with Crippen molar-refractivity contribution in [2.24, 2.45) is 0 Å². The molecule has 5 heteroatoms. The van der Waals surface area contributed by atoms with Gasteiger partial charge in [0.2, 0.25) is 0 Å². The lowest BCUT2D eigenvalue weighted by Crippen LogP contribution is -2.33. The molecule has 12 heavy (non-hydrogen) atoms. The Hall–Kier alpha value is -0.650. The lowest BCUT2D eigenvalue weighted by atomic mass is 10.2. The fourth-order valence-electron chi connectivity index (χ4n) is 1.01. The van der Waals surface area contributed by atoms with E-state index < -0.39 is 24.3 Å². The van der Waals surface area contributed by atoms with Gasteiger partial charge in [-0.3, -0.25) is 4.79 Å². The summed E-state index contributed by atoms with van der Waals surface area (Å²) < 4.78 is 9.56. The molecule has 0 amide bonds. The van der Waals surface area contributed by atoms with Crippen LogP contribution >= 0.6 is 0 Å². The van der Waals surface area contributed by atoms with Crippen molar-refractivity contribution < 1.29 is 24.5 Å². The van der Waals surface area contributed by atoms with E-state index in [9.17, 15) is 9.90 Å². The summed E-state index contributed by atoms with van der Waals surface area (Å²) in [5, 5.41) is 18.2. The molecule has 1 saturated heterocycles. The first-order valence-corrected chi connectivity index (χ1v) is 3.72. The summed E-state index contributed by atoms with van der Waals surface area (Å²) in [6.07, 6.45) is -2.42. The highest BCUT2D eigenvalue weighted by atomic mass is 16.6. The Kier molecular flexibility index (Phi) is 3.02. The van der Waals surface area contributed by atoms with Gasteiger partial charge in [0.25, 0.3) is 0 Å². The molecule has 0 aliphatic carbocycles. The highest BCUT2D eigenvalue weighted by Crippen LogP contribution is 2.14. The van der Waals surface area contributed by atoms with Crippen LogP contribution in [0, 0.1) is 0 Å². The largest absolute Gasteiger partial charge is 0.463 e. The van der Waals surface area contributed by atoms with Crippen LogP contribution < -0.4 is 0 Å². The fourth-order valence-corrected chi connectivity index (χ4v) is 1.01. The molecular formula is C7H12O5. The van der Waals surface area contributed by atoms with Crippen LogP contribution in [0.25, 0.3) is 0 Å². The molecule has 0 saturated carbocycles. The second-order valence-corrected chi connectivity index (χ2v) is 2.73. The highest BCUT2D eigenvalue weighted by Gasteiger charge is 2.35. The number of ether oxygens (including phenoxy) is 2. The van der Waals surface area contributed by atoms with Crippen LogP contribution in [-0.4, -0.2) is 47.7 Å². The van der Waals surface area contributed by atoms with E-state index in [2.05, 4.69) is 4.74 Å². The first-order valence-electron chi connectivity index (χ1n) is 3.72. The first-order chi connectivity index (χ1) is 5.61. The molecule has 0 aromatic rings. The van der Waals surface area contributed by atoms with Crippen molar-refractivity contribution in [1.82, 2.24) is 0 Å². The molecule has 1 heterocycles. The predicted octanol–water partition coefficient (Wildman–Crippen LogP) is -1.33. The predicted molar refractivity (Wildman–Crippen MR) is 38.4 cm³/mol. The maximum Gasteiger partial charge on any atom is 0.302 e. The van der Waals surface area contributed by atoms with Crippen molar-refractivity contribution in [1.29, 1.82) is 0 Å². The van der Waals surface area contributed by atoms with Gasteiger partial charge in [-0.2, -0.15) is 0 Å². The van der Waals surface area contributed by atoms with Gasteiger partial charge in [-0.25, -0.2) is 0 Å². The van der Waals surface area contributed by atoms with Gasteiger partial charge in [-0.05, 0) is 0 Å². The SMILES string of the molecule is CC(=O)OC[C@H]1OC[C@@H](O)[C@@H]1O. The minimum Gasteiger partial charge on any atom is -0.463 e. The van der Waals surface area contributed by atoms with E-state index >= 15 is 0 Å². The molecule has 5 nitrogen and oxygen atoms in total. The number of carbonyl (C=O) groups excluding carboxylic acids is 1. The van der Waals surface area contributed by atoms with Gasteiger partial charge in [0.15, 0.2) is 0 Å². The maximum absolute atomic E-state index is 10.4. The third-order valence-electron chi connectivity index (χ3n) is 1.71. The van der Waals surface area contributed by atoms with Crippen LogP contribution in [-0.2, 0) is 14.3 Å². The average molecular weight is 176 g/mol. The summed E-state index contributed by atoms with van der Waals surface area (Å²) in [7, 11) is 0. The fraction of sp³-hybridized carbons (Fsp3) is 0.857. The van der Waals surface area contributed by atoms with Crippen LogP contribution in [0.2, 0.25) is 0 Å². The monoisotopic (exact) mass is 176 g/mol. The quantitative estimate of drug-likeness (QED) is 0.510. The van der Waals surface area contributed by atoms with Crippen molar-refractivity contribution in [2.75, 3.05) is 13.2 Å². The zero-order valence-corrected chi connectivity index (χ0v) is 6.77. The molecule has 2 N–H and O–H groups in total. The molecule has 0 aromatic heterocycles. The highest BCUT2D eigenvalue weighted by molar-refractivity contribution is 5.65. The molecule has 0 bridgehead atoms. The van der Waals surface area contributed by atoms with Crippen LogP contribution in [0.3, 0.4) is 0 Å². The number of hydrogen-bond acceptors (Lipinski definition) is 5. The number of esters is 1. The van der Waals surface area contributed by atoms with E-state index in [1.165, 1.54) is 6.92 Å². The number of carbonyl (C=O) groups is 1. The van der Waals surface area contributed by atoms with Crippen LogP contribution in [0.5, 0.6) is 0 Å². The van der Waals surface area contributed by atoms with Crippen molar-refractivity contribution >= 4 is 5.97 Å². The van der Waals surface area contributed by atoms with Crippen molar-refractivity contribution in [3.8, 4) is 0 Å². The molecule has 1 rings (SSSR count). The zero-order valence-electron chi connectivity index (χ0n) is 6.77. The number of rotatable bonds is 2. The minimum atomic E-state index is -0.954. The molecule has 0 aromatic carbocycles. The van der Waals surface area contributed by atoms with E-state index in [0.29, 0.717) is 0 Å². The number of hydrogen-bond donors (Lipinski definition) is 2. The third-order valence-corrected chi connectivity index (χ3v) is 1.71. The van der Waals surface area contributed by atoms with Gasteiger partial charge in [0, 0.05) is 6.92 Å². The van der Waals surface area contributed by atoms with Gasteiger partial charge in [0.05, 0.1) is 6.61 Å². The minimum absolute atomic E-state index is 0.00639. The van der Waals surface area contributed by atoms with Crippen molar-refractivity contribution in [3.05, 3.63) is 0 Å². The van der Waals surface area contributed by atoms with E-state index in [-0.39, 0.29) is 13.2 Å². The zero-order chi connectivity index (χ0) is 9.14. The van der Waals surface area contributed by atoms with Gasteiger partial charge in [0.1, 0.15) is 24.9 Å². The van der Waals surface area contributed by atoms with Crippen LogP contribution in [0.4, 0.5) is 0 Å².